The highest BCUT2D eigenvalue weighted by atomic mass is 32.2. The van der Waals surface area contributed by atoms with Crippen molar-refractivity contribution in [3.05, 3.63) is 59.7 Å². The summed E-state index contributed by atoms with van der Waals surface area (Å²) in [5.74, 6) is 0. The van der Waals surface area contributed by atoms with Crippen LogP contribution < -0.4 is 0 Å². The van der Waals surface area contributed by atoms with E-state index < -0.39 is 15.9 Å². The Hall–Kier alpha value is -1.65. The fourth-order valence-electron chi connectivity index (χ4n) is 2.67. The van der Waals surface area contributed by atoms with Crippen molar-refractivity contribution in [2.24, 2.45) is 0 Å². The highest BCUT2D eigenvalue weighted by Crippen LogP contribution is 2.32. The van der Waals surface area contributed by atoms with Crippen LogP contribution in [0.2, 0.25) is 0 Å². The molecule has 104 valence electrons. The van der Waals surface area contributed by atoms with E-state index >= 15 is 0 Å². The van der Waals surface area contributed by atoms with Crippen LogP contribution in [0.3, 0.4) is 0 Å². The molecule has 1 aliphatic carbocycles. The molecule has 0 aromatic heterocycles. The van der Waals surface area contributed by atoms with Crippen LogP contribution >= 0.6 is 0 Å². The fourth-order valence-corrected chi connectivity index (χ4v) is 4.00. The van der Waals surface area contributed by atoms with Crippen molar-refractivity contribution < 1.29 is 13.5 Å². The van der Waals surface area contributed by atoms with Gasteiger partial charge in [0.1, 0.15) is 0 Å². The maximum atomic E-state index is 12.5. The molecule has 20 heavy (non-hydrogen) atoms. The van der Waals surface area contributed by atoms with Gasteiger partial charge in [-0.05, 0) is 54.7 Å². The van der Waals surface area contributed by atoms with Crippen molar-refractivity contribution in [2.75, 3.05) is 0 Å². The van der Waals surface area contributed by atoms with Crippen molar-refractivity contribution in [2.45, 2.75) is 35.2 Å². The van der Waals surface area contributed by atoms with Crippen molar-refractivity contribution in [3.8, 4) is 0 Å². The Morgan fingerprint density at radius 2 is 1.75 bits per heavy atom. The van der Waals surface area contributed by atoms with Crippen LogP contribution in [0.4, 0.5) is 0 Å². The third-order valence-electron chi connectivity index (χ3n) is 3.76. The van der Waals surface area contributed by atoms with Crippen LogP contribution in [0.25, 0.3) is 0 Å². The third kappa shape index (κ3) is 2.25. The standard InChI is InChI=1S/C16H16O3S/c17-16-8-4-5-12-11-14(9-10-15(12)16)20(18,19)13-6-2-1-3-7-13/h1-3,6-7,9-11,16-17H,4-5,8H2/t16-/m1/s1. The molecule has 0 saturated carbocycles. The van der Waals surface area contributed by atoms with Crippen LogP contribution in [-0.2, 0) is 16.3 Å². The highest BCUT2D eigenvalue weighted by Gasteiger charge is 2.22. The van der Waals surface area contributed by atoms with Crippen molar-refractivity contribution >= 4 is 9.84 Å². The fraction of sp³-hybridized carbons (Fsp3) is 0.250. The SMILES string of the molecule is O=S(=O)(c1ccccc1)c1ccc2c(c1)CCC[C@H]2O. The Bertz CT molecular complexity index is 721. The molecule has 1 N–H and O–H groups in total. The van der Waals surface area contributed by atoms with Gasteiger partial charge in [0.2, 0.25) is 9.84 Å². The first-order valence-corrected chi connectivity index (χ1v) is 8.18. The number of sulfone groups is 1. The summed E-state index contributed by atoms with van der Waals surface area (Å²) in [6, 6.07) is 13.5. The Morgan fingerprint density at radius 1 is 1.00 bits per heavy atom. The van der Waals surface area contributed by atoms with Gasteiger partial charge in [0.05, 0.1) is 15.9 Å². The van der Waals surface area contributed by atoms with E-state index in [1.54, 1.807) is 48.5 Å². The minimum atomic E-state index is -3.47. The minimum absolute atomic E-state index is 0.302. The average molecular weight is 288 g/mol. The molecule has 1 atom stereocenters. The molecule has 0 aliphatic heterocycles. The number of benzene rings is 2. The average Bonchev–Trinajstić information content (AvgIpc) is 2.48. The molecule has 1 aliphatic rings. The summed E-state index contributed by atoms with van der Waals surface area (Å²) in [7, 11) is -3.47. The zero-order valence-electron chi connectivity index (χ0n) is 11.0. The van der Waals surface area contributed by atoms with E-state index in [4.69, 9.17) is 0 Å². The number of aliphatic hydroxyl groups is 1. The molecule has 4 heteroatoms. The first kappa shape index (κ1) is 13.3. The summed E-state index contributed by atoms with van der Waals surface area (Å²) in [6.07, 6.45) is 2.00. The van der Waals surface area contributed by atoms with E-state index in [9.17, 15) is 13.5 Å². The van der Waals surface area contributed by atoms with Gasteiger partial charge >= 0.3 is 0 Å². The van der Waals surface area contributed by atoms with Crippen LogP contribution in [0.5, 0.6) is 0 Å². The Balaban J connectivity index is 2.08. The summed E-state index contributed by atoms with van der Waals surface area (Å²) in [5.41, 5.74) is 1.81. The summed E-state index contributed by atoms with van der Waals surface area (Å²) in [6.45, 7) is 0. The predicted octanol–water partition coefficient (Wildman–Crippen LogP) is 2.89. The zero-order valence-corrected chi connectivity index (χ0v) is 11.8. The van der Waals surface area contributed by atoms with Crippen molar-refractivity contribution in [3.63, 3.8) is 0 Å². The molecule has 0 fully saturated rings. The second-order valence-electron chi connectivity index (χ2n) is 5.09. The van der Waals surface area contributed by atoms with Gasteiger partial charge in [-0.15, -0.1) is 0 Å². The second-order valence-corrected chi connectivity index (χ2v) is 7.03. The van der Waals surface area contributed by atoms with Gasteiger partial charge in [-0.3, -0.25) is 0 Å². The van der Waals surface area contributed by atoms with Gasteiger partial charge < -0.3 is 5.11 Å². The number of hydrogen-bond acceptors (Lipinski definition) is 3. The minimum Gasteiger partial charge on any atom is -0.388 e. The lowest BCUT2D eigenvalue weighted by Gasteiger charge is -2.21. The molecule has 3 rings (SSSR count). The van der Waals surface area contributed by atoms with E-state index in [2.05, 4.69) is 0 Å². The molecule has 3 nitrogen and oxygen atoms in total. The number of aliphatic hydroxyl groups excluding tert-OH is 1. The molecule has 0 spiro atoms. The molecule has 2 aromatic carbocycles. The molecular formula is C16H16O3S. The number of aryl methyl sites for hydroxylation is 1. The number of fused-ring (bicyclic) bond motifs is 1. The van der Waals surface area contributed by atoms with Gasteiger partial charge in [-0.25, -0.2) is 8.42 Å². The first-order valence-electron chi connectivity index (χ1n) is 6.70. The van der Waals surface area contributed by atoms with Gasteiger partial charge in [0.15, 0.2) is 0 Å². The van der Waals surface area contributed by atoms with E-state index in [1.807, 2.05) is 0 Å². The lowest BCUT2D eigenvalue weighted by atomic mass is 9.90. The van der Waals surface area contributed by atoms with Gasteiger partial charge in [-0.2, -0.15) is 0 Å². The van der Waals surface area contributed by atoms with E-state index in [1.165, 1.54) is 0 Å². The van der Waals surface area contributed by atoms with Crippen molar-refractivity contribution in [1.82, 2.24) is 0 Å². The van der Waals surface area contributed by atoms with Gasteiger partial charge in [-0.1, -0.05) is 24.3 Å². The molecule has 0 unspecified atom stereocenters. The molecule has 0 saturated heterocycles. The summed E-state index contributed by atoms with van der Waals surface area (Å²) < 4.78 is 25.1. The molecule has 2 aromatic rings. The van der Waals surface area contributed by atoms with Crippen LogP contribution in [0.1, 0.15) is 30.1 Å². The van der Waals surface area contributed by atoms with Crippen molar-refractivity contribution in [1.29, 1.82) is 0 Å². The molecule has 0 amide bonds. The normalized spacial score (nSPS) is 18.6. The van der Waals surface area contributed by atoms with Crippen LogP contribution in [0, 0.1) is 0 Å². The van der Waals surface area contributed by atoms with E-state index in [-0.39, 0.29) is 0 Å². The Labute approximate surface area is 118 Å². The van der Waals surface area contributed by atoms with Crippen LogP contribution in [0.15, 0.2) is 58.3 Å². The summed E-state index contributed by atoms with van der Waals surface area (Å²) in [5, 5.41) is 9.92. The van der Waals surface area contributed by atoms with Crippen LogP contribution in [-0.4, -0.2) is 13.5 Å². The summed E-state index contributed by atoms with van der Waals surface area (Å²) >= 11 is 0. The quantitative estimate of drug-likeness (QED) is 0.924. The Morgan fingerprint density at radius 3 is 2.50 bits per heavy atom. The second kappa shape index (κ2) is 5.04. The lowest BCUT2D eigenvalue weighted by molar-refractivity contribution is 0.156. The lowest BCUT2D eigenvalue weighted by Crippen LogP contribution is -2.11. The maximum absolute atomic E-state index is 12.5. The Kier molecular flexibility index (Phi) is 3.36. The van der Waals surface area contributed by atoms with Gasteiger partial charge in [0, 0.05) is 0 Å². The van der Waals surface area contributed by atoms with Gasteiger partial charge in [0.25, 0.3) is 0 Å². The molecule has 0 heterocycles. The topological polar surface area (TPSA) is 54.4 Å². The van der Waals surface area contributed by atoms with E-state index in [0.717, 1.165) is 30.4 Å². The maximum Gasteiger partial charge on any atom is 0.206 e. The highest BCUT2D eigenvalue weighted by molar-refractivity contribution is 7.91. The third-order valence-corrected chi connectivity index (χ3v) is 5.53. The predicted molar refractivity (Wildman–Crippen MR) is 76.2 cm³/mol. The summed E-state index contributed by atoms with van der Waals surface area (Å²) in [4.78, 5) is 0.604. The zero-order chi connectivity index (χ0) is 14.2. The largest absolute Gasteiger partial charge is 0.388 e. The number of hydrogen-bond donors (Lipinski definition) is 1. The first-order chi connectivity index (χ1) is 9.59. The molecule has 0 radical (unpaired) electrons. The van der Waals surface area contributed by atoms with E-state index in [0.29, 0.717) is 9.79 Å². The molecular weight excluding hydrogens is 272 g/mol. The monoisotopic (exact) mass is 288 g/mol. The molecule has 0 bridgehead atoms. The number of rotatable bonds is 2. The smallest absolute Gasteiger partial charge is 0.206 e.